The summed E-state index contributed by atoms with van der Waals surface area (Å²) in [5.41, 5.74) is 1.94. The lowest BCUT2D eigenvalue weighted by Gasteiger charge is -2.07. The normalized spacial score (nSPS) is 12.6. The van der Waals surface area contributed by atoms with Gasteiger partial charge in [0.1, 0.15) is 5.82 Å². The molecule has 0 aliphatic heterocycles. The zero-order valence-electron chi connectivity index (χ0n) is 10.9. The zero-order valence-corrected chi connectivity index (χ0v) is 10.9. The van der Waals surface area contributed by atoms with Gasteiger partial charge in [0, 0.05) is 6.42 Å². The average molecular weight is 245 g/mol. The van der Waals surface area contributed by atoms with Gasteiger partial charge in [-0.3, -0.25) is 4.79 Å². The second-order valence-corrected chi connectivity index (χ2v) is 4.69. The number of nitrogens with zero attached hydrogens (tertiary/aromatic N) is 1. The van der Waals surface area contributed by atoms with Crippen LogP contribution in [0, 0.1) is 5.92 Å². The van der Waals surface area contributed by atoms with E-state index in [1.54, 1.807) is 0 Å². The highest BCUT2D eigenvalue weighted by molar-refractivity contribution is 5.77. The highest BCUT2D eigenvalue weighted by Gasteiger charge is 2.08. The molecule has 1 aromatic carbocycles. The van der Waals surface area contributed by atoms with Crippen molar-refractivity contribution in [3.63, 3.8) is 0 Å². The van der Waals surface area contributed by atoms with Gasteiger partial charge >= 0.3 is 0 Å². The lowest BCUT2D eigenvalue weighted by atomic mass is 10.1. The van der Waals surface area contributed by atoms with Gasteiger partial charge in [-0.05, 0) is 18.1 Å². The van der Waals surface area contributed by atoms with Crippen molar-refractivity contribution in [3.05, 3.63) is 30.1 Å². The summed E-state index contributed by atoms with van der Waals surface area (Å²) in [6, 6.07) is 7.85. The number of carbonyl (C=O) groups is 1. The third-order valence-corrected chi connectivity index (χ3v) is 3.12. The van der Waals surface area contributed by atoms with Crippen LogP contribution in [0.25, 0.3) is 11.0 Å². The molecule has 2 aromatic rings. The summed E-state index contributed by atoms with van der Waals surface area (Å²) in [6.45, 7) is 4.64. The minimum atomic E-state index is 0.0878. The first-order valence-electron chi connectivity index (χ1n) is 6.39. The maximum atomic E-state index is 11.6. The monoisotopic (exact) mass is 245 g/mol. The molecule has 2 rings (SSSR count). The molecule has 2 N–H and O–H groups in total. The largest absolute Gasteiger partial charge is 0.349 e. The number of aromatic nitrogens is 2. The number of rotatable bonds is 5. The molecule has 4 nitrogen and oxygen atoms in total. The Bertz CT molecular complexity index is 500. The van der Waals surface area contributed by atoms with Gasteiger partial charge in [-0.15, -0.1) is 0 Å². The fraction of sp³-hybridized carbons (Fsp3) is 0.429. The third kappa shape index (κ3) is 3.09. The maximum Gasteiger partial charge on any atom is 0.220 e. The van der Waals surface area contributed by atoms with Crippen LogP contribution >= 0.6 is 0 Å². The van der Waals surface area contributed by atoms with Crippen molar-refractivity contribution in [2.75, 3.05) is 0 Å². The molecule has 1 atom stereocenters. The summed E-state index contributed by atoms with van der Waals surface area (Å²) in [4.78, 5) is 19.3. The molecule has 0 unspecified atom stereocenters. The first-order chi connectivity index (χ1) is 8.69. The van der Waals surface area contributed by atoms with Crippen LogP contribution in [0.15, 0.2) is 24.3 Å². The Hall–Kier alpha value is -1.84. The lowest BCUT2D eigenvalue weighted by Crippen LogP contribution is -2.24. The van der Waals surface area contributed by atoms with E-state index in [1.165, 1.54) is 0 Å². The molecule has 4 heteroatoms. The Balaban J connectivity index is 1.92. The summed E-state index contributed by atoms with van der Waals surface area (Å²) in [5, 5.41) is 2.89. The van der Waals surface area contributed by atoms with E-state index in [9.17, 15) is 4.79 Å². The minimum absolute atomic E-state index is 0.0878. The fourth-order valence-corrected chi connectivity index (χ4v) is 1.80. The summed E-state index contributed by atoms with van der Waals surface area (Å²) in [7, 11) is 0. The smallest absolute Gasteiger partial charge is 0.220 e. The van der Waals surface area contributed by atoms with E-state index in [0.29, 0.717) is 18.9 Å². The van der Waals surface area contributed by atoms with E-state index < -0.39 is 0 Å². The molecule has 0 spiro atoms. The molecule has 0 aliphatic carbocycles. The molecule has 0 fully saturated rings. The molecular formula is C14H19N3O. The molecule has 0 saturated carbocycles. The molecule has 0 radical (unpaired) electrons. The van der Waals surface area contributed by atoms with Crippen LogP contribution in [-0.4, -0.2) is 15.9 Å². The van der Waals surface area contributed by atoms with Gasteiger partial charge in [0.15, 0.2) is 0 Å². The number of carbonyl (C=O) groups excluding carboxylic acids is 1. The van der Waals surface area contributed by atoms with E-state index in [4.69, 9.17) is 0 Å². The number of para-hydroxylation sites is 2. The van der Waals surface area contributed by atoms with Crippen LogP contribution in [0.3, 0.4) is 0 Å². The predicted molar refractivity (Wildman–Crippen MR) is 72.0 cm³/mol. The van der Waals surface area contributed by atoms with Crippen molar-refractivity contribution in [2.24, 2.45) is 5.92 Å². The summed E-state index contributed by atoms with van der Waals surface area (Å²) in [6.07, 6.45) is 1.61. The van der Waals surface area contributed by atoms with Crippen molar-refractivity contribution in [2.45, 2.75) is 33.2 Å². The van der Waals surface area contributed by atoms with Gasteiger partial charge in [0.05, 0.1) is 17.6 Å². The minimum Gasteiger partial charge on any atom is -0.349 e. The van der Waals surface area contributed by atoms with Crippen molar-refractivity contribution in [1.82, 2.24) is 15.3 Å². The Labute approximate surface area is 107 Å². The van der Waals surface area contributed by atoms with Gasteiger partial charge in [0.2, 0.25) is 5.91 Å². The van der Waals surface area contributed by atoms with Crippen molar-refractivity contribution >= 4 is 16.9 Å². The Morgan fingerprint density at radius 1 is 1.44 bits per heavy atom. The van der Waals surface area contributed by atoms with Crippen LogP contribution in [-0.2, 0) is 11.3 Å². The zero-order chi connectivity index (χ0) is 13.0. The lowest BCUT2D eigenvalue weighted by molar-refractivity contribution is -0.122. The number of imidazole rings is 1. The Kier molecular flexibility index (Phi) is 3.97. The van der Waals surface area contributed by atoms with Crippen LogP contribution < -0.4 is 5.32 Å². The number of amides is 1. The number of hydrogen-bond acceptors (Lipinski definition) is 2. The Morgan fingerprint density at radius 3 is 2.94 bits per heavy atom. The predicted octanol–water partition coefficient (Wildman–Crippen LogP) is 2.62. The molecule has 18 heavy (non-hydrogen) atoms. The summed E-state index contributed by atoms with van der Waals surface area (Å²) >= 11 is 0. The van der Waals surface area contributed by atoms with Gasteiger partial charge < -0.3 is 10.3 Å². The first kappa shape index (κ1) is 12.6. The first-order valence-corrected chi connectivity index (χ1v) is 6.39. The molecular weight excluding hydrogens is 226 g/mol. The van der Waals surface area contributed by atoms with E-state index >= 15 is 0 Å². The summed E-state index contributed by atoms with van der Waals surface area (Å²) in [5.74, 6) is 1.32. The second kappa shape index (κ2) is 5.67. The molecule has 0 saturated heterocycles. The second-order valence-electron chi connectivity index (χ2n) is 4.69. The average Bonchev–Trinajstić information content (AvgIpc) is 2.79. The standard InChI is InChI=1S/C14H19N3O/c1-3-10(2)8-14(18)15-9-13-16-11-6-4-5-7-12(11)17-13/h4-7,10H,3,8-9H2,1-2H3,(H,15,18)(H,16,17)/t10-/m0/s1. The quantitative estimate of drug-likeness (QED) is 0.850. The van der Waals surface area contributed by atoms with E-state index in [2.05, 4.69) is 29.1 Å². The van der Waals surface area contributed by atoms with Crippen LogP contribution in [0.5, 0.6) is 0 Å². The van der Waals surface area contributed by atoms with Gasteiger partial charge in [-0.2, -0.15) is 0 Å². The molecule has 0 aliphatic rings. The highest BCUT2D eigenvalue weighted by atomic mass is 16.1. The van der Waals surface area contributed by atoms with E-state index in [1.807, 2.05) is 24.3 Å². The van der Waals surface area contributed by atoms with E-state index in [-0.39, 0.29) is 5.91 Å². The van der Waals surface area contributed by atoms with Crippen LogP contribution in [0.2, 0.25) is 0 Å². The number of nitrogens with one attached hydrogen (secondary N) is 2. The third-order valence-electron chi connectivity index (χ3n) is 3.12. The van der Waals surface area contributed by atoms with Gasteiger partial charge in [-0.25, -0.2) is 4.98 Å². The summed E-state index contributed by atoms with van der Waals surface area (Å²) < 4.78 is 0. The highest BCUT2D eigenvalue weighted by Crippen LogP contribution is 2.10. The van der Waals surface area contributed by atoms with E-state index in [0.717, 1.165) is 23.3 Å². The SMILES string of the molecule is CC[C@H](C)CC(=O)NCc1nc2ccccc2[nH]1. The van der Waals surface area contributed by atoms with Crippen LogP contribution in [0.1, 0.15) is 32.5 Å². The number of benzene rings is 1. The van der Waals surface area contributed by atoms with Crippen molar-refractivity contribution in [3.8, 4) is 0 Å². The van der Waals surface area contributed by atoms with Crippen molar-refractivity contribution in [1.29, 1.82) is 0 Å². The molecule has 0 bridgehead atoms. The molecule has 96 valence electrons. The van der Waals surface area contributed by atoms with Crippen molar-refractivity contribution < 1.29 is 4.79 Å². The fourth-order valence-electron chi connectivity index (χ4n) is 1.80. The number of hydrogen-bond donors (Lipinski definition) is 2. The molecule has 1 heterocycles. The van der Waals surface area contributed by atoms with Crippen LogP contribution in [0.4, 0.5) is 0 Å². The number of aromatic amines is 1. The van der Waals surface area contributed by atoms with Gasteiger partial charge in [0.25, 0.3) is 0 Å². The topological polar surface area (TPSA) is 57.8 Å². The Morgan fingerprint density at radius 2 is 2.22 bits per heavy atom. The molecule has 1 amide bonds. The number of fused-ring (bicyclic) bond motifs is 1. The molecule has 1 aromatic heterocycles. The number of H-pyrrole nitrogens is 1. The van der Waals surface area contributed by atoms with Gasteiger partial charge in [-0.1, -0.05) is 32.4 Å². The maximum absolute atomic E-state index is 11.6.